The third kappa shape index (κ3) is 9.31. The van der Waals surface area contributed by atoms with Crippen LogP contribution in [0.5, 0.6) is 5.75 Å². The van der Waals surface area contributed by atoms with E-state index in [9.17, 15) is 13.2 Å². The van der Waals surface area contributed by atoms with Gasteiger partial charge in [0.25, 0.3) is 0 Å². The van der Waals surface area contributed by atoms with E-state index in [1.807, 2.05) is 7.05 Å². The van der Waals surface area contributed by atoms with Crippen LogP contribution in [0.1, 0.15) is 74.5 Å². The number of carbonyl (C=O) groups is 1. The molecule has 2 fully saturated rings. The molecule has 1 heterocycles. The van der Waals surface area contributed by atoms with Crippen LogP contribution in [0.15, 0.2) is 47.4 Å². The van der Waals surface area contributed by atoms with Gasteiger partial charge in [-0.05, 0) is 126 Å². The smallest absolute Gasteiger partial charge is 0.248 e. The van der Waals surface area contributed by atoms with Gasteiger partial charge in [0, 0.05) is 32.7 Å². The highest BCUT2D eigenvalue weighted by atomic mass is 32.2. The van der Waals surface area contributed by atoms with Gasteiger partial charge in [-0.1, -0.05) is 30.3 Å². The summed E-state index contributed by atoms with van der Waals surface area (Å²) in [5.74, 6) is 1.29. The summed E-state index contributed by atoms with van der Waals surface area (Å²) in [7, 11) is 1.24. The lowest BCUT2D eigenvalue weighted by molar-refractivity contribution is -0.134. The molecule has 0 radical (unpaired) electrons. The number of amides is 1. The molecule has 0 N–H and O–H groups in total. The second kappa shape index (κ2) is 16.4. The molecule has 0 unspecified atom stereocenters. The molecule has 45 heavy (non-hydrogen) atoms. The van der Waals surface area contributed by atoms with Crippen molar-refractivity contribution in [3.05, 3.63) is 59.2 Å². The van der Waals surface area contributed by atoms with Crippen molar-refractivity contribution in [2.45, 2.75) is 88.5 Å². The Hall–Kier alpha value is -2.46. The summed E-state index contributed by atoms with van der Waals surface area (Å²) in [5, 5.41) is 0. The number of likely N-dealkylation sites (tertiary alicyclic amines) is 1. The molecule has 2 aromatic carbocycles. The minimum atomic E-state index is -3.69. The fraction of sp³-hybridized carbons (Fsp3) is 0.639. The first kappa shape index (κ1) is 35.4. The van der Waals surface area contributed by atoms with Gasteiger partial charge in [-0.3, -0.25) is 9.69 Å². The Morgan fingerprint density at radius 2 is 1.64 bits per heavy atom. The number of sulfonamides is 1. The van der Waals surface area contributed by atoms with E-state index in [0.717, 1.165) is 25.2 Å². The number of carbonyl (C=O) groups excluding carboxylic acids is 1. The van der Waals surface area contributed by atoms with E-state index < -0.39 is 10.0 Å². The first-order chi connectivity index (χ1) is 21.6. The summed E-state index contributed by atoms with van der Waals surface area (Å²) in [6.45, 7) is 7.02. The van der Waals surface area contributed by atoms with Crippen molar-refractivity contribution in [1.82, 2.24) is 14.1 Å². The van der Waals surface area contributed by atoms with Gasteiger partial charge in [0.15, 0.2) is 0 Å². The van der Waals surface area contributed by atoms with Crippen LogP contribution in [-0.2, 0) is 26.0 Å². The number of hydrogen-bond acceptors (Lipinski definition) is 6. The van der Waals surface area contributed by atoms with Crippen LogP contribution in [0.2, 0.25) is 0 Å². The molecule has 0 atom stereocenters. The molecule has 2 aliphatic rings. The predicted octanol–water partition coefficient (Wildman–Crippen LogP) is 5.85. The predicted molar refractivity (Wildman–Crippen MR) is 180 cm³/mol. The Morgan fingerprint density at radius 1 is 1.00 bits per heavy atom. The Bertz CT molecular complexity index is 1310. The Kier molecular flexibility index (Phi) is 12.9. The topological polar surface area (TPSA) is 79.4 Å². The molecule has 2 aromatic rings. The zero-order chi connectivity index (χ0) is 32.5. The van der Waals surface area contributed by atoms with Crippen molar-refractivity contribution in [2.75, 3.05) is 60.6 Å². The molecule has 1 aliphatic heterocycles. The maximum Gasteiger partial charge on any atom is 0.248 e. The van der Waals surface area contributed by atoms with E-state index in [1.54, 1.807) is 45.0 Å². The zero-order valence-electron chi connectivity index (χ0n) is 28.2. The number of likely N-dealkylation sites (N-methyl/N-ethyl adjacent to an activating group) is 2. The second-order valence-corrected chi connectivity index (χ2v) is 15.3. The molecule has 250 valence electrons. The standard InChI is InChI=1S/C36H55N3O5S/c1-29-26-33(43-5)27-30(2)35(29)45(41,42)38(4)24-25-44-28-34(40)37(3)21-11-14-32-16-19-36(20-17-32,39-22-9-10-23-39)18-15-31-12-7-6-8-13-31/h6-8,12-13,26-27,32H,9-11,14-25,28H2,1-5H3. The number of methoxy groups -OCH3 is 1. The Labute approximate surface area is 272 Å². The minimum absolute atomic E-state index is 0.0474. The maximum atomic E-state index is 13.2. The summed E-state index contributed by atoms with van der Waals surface area (Å²) in [4.78, 5) is 17.6. The summed E-state index contributed by atoms with van der Waals surface area (Å²) < 4.78 is 38.6. The van der Waals surface area contributed by atoms with Crippen molar-refractivity contribution >= 4 is 15.9 Å². The average Bonchev–Trinajstić information content (AvgIpc) is 3.58. The largest absolute Gasteiger partial charge is 0.497 e. The highest BCUT2D eigenvalue weighted by molar-refractivity contribution is 7.89. The molecular weight excluding hydrogens is 586 g/mol. The van der Waals surface area contributed by atoms with Crippen molar-refractivity contribution in [3.63, 3.8) is 0 Å². The van der Waals surface area contributed by atoms with Gasteiger partial charge in [-0.25, -0.2) is 8.42 Å². The van der Waals surface area contributed by atoms with Crippen molar-refractivity contribution in [3.8, 4) is 5.75 Å². The molecule has 1 saturated heterocycles. The van der Waals surface area contributed by atoms with Gasteiger partial charge >= 0.3 is 0 Å². The lowest BCUT2D eigenvalue weighted by atomic mass is 9.71. The first-order valence-electron chi connectivity index (χ1n) is 16.8. The third-order valence-electron chi connectivity index (χ3n) is 10.2. The molecule has 0 aromatic heterocycles. The minimum Gasteiger partial charge on any atom is -0.497 e. The molecule has 4 rings (SSSR count). The van der Waals surface area contributed by atoms with Crippen LogP contribution in [0.4, 0.5) is 0 Å². The summed E-state index contributed by atoms with van der Waals surface area (Å²) >= 11 is 0. The highest BCUT2D eigenvalue weighted by Gasteiger charge is 2.40. The monoisotopic (exact) mass is 641 g/mol. The van der Waals surface area contributed by atoms with Crippen LogP contribution in [0.25, 0.3) is 0 Å². The van der Waals surface area contributed by atoms with Gasteiger partial charge in [0.05, 0.1) is 18.6 Å². The lowest BCUT2D eigenvalue weighted by Crippen LogP contribution is -2.50. The molecule has 1 aliphatic carbocycles. The van der Waals surface area contributed by atoms with Crippen LogP contribution in [0, 0.1) is 19.8 Å². The van der Waals surface area contributed by atoms with Crippen LogP contribution < -0.4 is 4.74 Å². The van der Waals surface area contributed by atoms with Crippen molar-refractivity contribution in [1.29, 1.82) is 0 Å². The van der Waals surface area contributed by atoms with E-state index in [4.69, 9.17) is 9.47 Å². The molecule has 1 amide bonds. The molecular formula is C36H55N3O5S. The number of hydrogen-bond donors (Lipinski definition) is 0. The van der Waals surface area contributed by atoms with E-state index in [0.29, 0.717) is 29.0 Å². The quantitative estimate of drug-likeness (QED) is 0.214. The van der Waals surface area contributed by atoms with Gasteiger partial charge in [0.1, 0.15) is 12.4 Å². The number of aryl methyl sites for hydroxylation is 3. The molecule has 1 saturated carbocycles. The van der Waals surface area contributed by atoms with Crippen LogP contribution in [0.3, 0.4) is 0 Å². The fourth-order valence-corrected chi connectivity index (χ4v) is 8.92. The first-order valence-corrected chi connectivity index (χ1v) is 18.2. The third-order valence-corrected chi connectivity index (χ3v) is 12.3. The van der Waals surface area contributed by atoms with Crippen molar-refractivity contribution < 1.29 is 22.7 Å². The normalized spacial score (nSPS) is 20.9. The number of benzene rings is 2. The Balaban J connectivity index is 1.15. The van der Waals surface area contributed by atoms with E-state index in [1.165, 1.54) is 67.9 Å². The summed E-state index contributed by atoms with van der Waals surface area (Å²) in [6, 6.07) is 14.4. The summed E-state index contributed by atoms with van der Waals surface area (Å²) in [5.41, 5.74) is 3.08. The van der Waals surface area contributed by atoms with Gasteiger partial charge < -0.3 is 14.4 Å². The highest BCUT2D eigenvalue weighted by Crippen LogP contribution is 2.42. The maximum absolute atomic E-state index is 13.2. The molecule has 9 heteroatoms. The second-order valence-electron chi connectivity index (χ2n) is 13.3. The van der Waals surface area contributed by atoms with E-state index in [-0.39, 0.29) is 30.6 Å². The van der Waals surface area contributed by atoms with Gasteiger partial charge in [-0.2, -0.15) is 4.31 Å². The van der Waals surface area contributed by atoms with E-state index >= 15 is 0 Å². The van der Waals surface area contributed by atoms with Gasteiger partial charge in [-0.15, -0.1) is 0 Å². The fourth-order valence-electron chi connectivity index (χ4n) is 7.36. The summed E-state index contributed by atoms with van der Waals surface area (Å²) in [6.07, 6.45) is 12.3. The average molecular weight is 642 g/mol. The van der Waals surface area contributed by atoms with Crippen LogP contribution >= 0.6 is 0 Å². The molecule has 8 nitrogen and oxygen atoms in total. The number of ether oxygens (including phenoxy) is 2. The molecule has 0 bridgehead atoms. The number of rotatable bonds is 16. The lowest BCUT2D eigenvalue weighted by Gasteiger charge is -2.47. The van der Waals surface area contributed by atoms with E-state index in [2.05, 4.69) is 35.2 Å². The van der Waals surface area contributed by atoms with Gasteiger partial charge in [0.2, 0.25) is 15.9 Å². The van der Waals surface area contributed by atoms with Crippen molar-refractivity contribution in [2.24, 2.45) is 5.92 Å². The number of nitrogens with zero attached hydrogens (tertiary/aromatic N) is 3. The molecule has 0 spiro atoms. The van der Waals surface area contributed by atoms with Crippen LogP contribution in [-0.4, -0.2) is 94.6 Å². The SMILES string of the molecule is COc1cc(C)c(S(=O)(=O)N(C)CCOCC(=O)N(C)CCCC2CCC(CCc3ccccc3)(N3CCCC3)CC2)c(C)c1. The Morgan fingerprint density at radius 3 is 2.27 bits per heavy atom. The zero-order valence-corrected chi connectivity index (χ0v) is 29.0.